The van der Waals surface area contributed by atoms with Crippen molar-refractivity contribution in [1.82, 2.24) is 25.8 Å². The average Bonchev–Trinajstić information content (AvgIpc) is 3.12. The Hall–Kier alpha value is -2.41. The number of H-pyrrole nitrogens is 1. The second-order valence-electron chi connectivity index (χ2n) is 7.25. The summed E-state index contributed by atoms with van der Waals surface area (Å²) in [5.41, 5.74) is 1.49. The highest BCUT2D eigenvalue weighted by molar-refractivity contribution is 5.74. The van der Waals surface area contributed by atoms with Crippen LogP contribution in [0.15, 0.2) is 30.6 Å². The summed E-state index contributed by atoms with van der Waals surface area (Å²) in [7, 11) is 0. The Labute approximate surface area is 148 Å². The molecule has 0 aliphatic carbocycles. The predicted octanol–water partition coefficient (Wildman–Crippen LogP) is 2.31. The number of amides is 2. The molecule has 7 heteroatoms. The molecule has 0 saturated carbocycles. The molecule has 4 N–H and O–H groups in total. The summed E-state index contributed by atoms with van der Waals surface area (Å²) in [6.45, 7) is 8.62. The summed E-state index contributed by atoms with van der Waals surface area (Å²) < 4.78 is 0. The molecule has 25 heavy (non-hydrogen) atoms. The van der Waals surface area contributed by atoms with Crippen molar-refractivity contribution >= 4 is 6.03 Å². The number of aromatic amines is 1. The number of carbonyl (C=O) groups is 1. The summed E-state index contributed by atoms with van der Waals surface area (Å²) in [5, 5.41) is 22.5. The normalized spacial score (nSPS) is 12.9. The first-order valence-corrected chi connectivity index (χ1v) is 8.44. The molecule has 2 amide bonds. The van der Waals surface area contributed by atoms with E-state index in [1.165, 1.54) is 6.33 Å². The van der Waals surface area contributed by atoms with E-state index in [1.54, 1.807) is 0 Å². The van der Waals surface area contributed by atoms with Gasteiger partial charge < -0.3 is 15.7 Å². The van der Waals surface area contributed by atoms with Gasteiger partial charge in [0, 0.05) is 24.1 Å². The molecule has 1 atom stereocenters. The van der Waals surface area contributed by atoms with Gasteiger partial charge in [-0.05, 0) is 17.5 Å². The van der Waals surface area contributed by atoms with Crippen LogP contribution in [0.25, 0.3) is 11.4 Å². The molecule has 1 unspecified atom stereocenters. The third kappa shape index (κ3) is 5.29. The van der Waals surface area contributed by atoms with Gasteiger partial charge >= 0.3 is 6.03 Å². The average molecular weight is 345 g/mol. The molecule has 2 aromatic rings. The van der Waals surface area contributed by atoms with Crippen molar-refractivity contribution in [1.29, 1.82) is 0 Å². The molecule has 1 aromatic carbocycles. The van der Waals surface area contributed by atoms with Gasteiger partial charge in [-0.25, -0.2) is 9.78 Å². The third-order valence-electron chi connectivity index (χ3n) is 4.21. The number of nitrogens with one attached hydrogen (secondary N) is 3. The highest BCUT2D eigenvalue weighted by Crippen LogP contribution is 2.25. The van der Waals surface area contributed by atoms with Crippen LogP contribution in [0.3, 0.4) is 0 Å². The number of rotatable bonds is 7. The molecule has 136 valence electrons. The van der Waals surface area contributed by atoms with E-state index in [0.717, 1.165) is 11.1 Å². The third-order valence-corrected chi connectivity index (χ3v) is 4.21. The summed E-state index contributed by atoms with van der Waals surface area (Å²) in [4.78, 5) is 16.2. The van der Waals surface area contributed by atoms with E-state index in [4.69, 9.17) is 0 Å². The number of hydrogen-bond acceptors (Lipinski definition) is 4. The number of benzene rings is 1. The summed E-state index contributed by atoms with van der Waals surface area (Å²) in [6, 6.07) is 7.48. The highest BCUT2D eigenvalue weighted by atomic mass is 16.3. The van der Waals surface area contributed by atoms with Gasteiger partial charge in [0.25, 0.3) is 0 Å². The second kappa shape index (κ2) is 8.11. The zero-order chi connectivity index (χ0) is 18.4. The van der Waals surface area contributed by atoms with Gasteiger partial charge in [0.2, 0.25) is 0 Å². The van der Waals surface area contributed by atoms with Crippen molar-refractivity contribution in [3.8, 4) is 11.4 Å². The van der Waals surface area contributed by atoms with Crippen molar-refractivity contribution in [2.75, 3.05) is 6.54 Å². The summed E-state index contributed by atoms with van der Waals surface area (Å²) in [6.07, 6.45) is 0.979. The number of aliphatic hydroxyl groups excluding tert-OH is 1. The fraction of sp³-hybridized carbons (Fsp3) is 0.500. The Bertz CT molecular complexity index is 683. The predicted molar refractivity (Wildman–Crippen MR) is 96.7 cm³/mol. The van der Waals surface area contributed by atoms with E-state index < -0.39 is 11.5 Å². The molecule has 2 rings (SSSR count). The van der Waals surface area contributed by atoms with E-state index in [9.17, 15) is 9.90 Å². The Morgan fingerprint density at radius 2 is 2.08 bits per heavy atom. The number of urea groups is 1. The molecule has 0 radical (unpaired) electrons. The smallest absolute Gasteiger partial charge is 0.315 e. The van der Waals surface area contributed by atoms with Crippen LogP contribution in [-0.4, -0.2) is 39.0 Å². The lowest BCUT2D eigenvalue weighted by atomic mass is 9.81. The van der Waals surface area contributed by atoms with Crippen LogP contribution in [0, 0.1) is 11.3 Å². The summed E-state index contributed by atoms with van der Waals surface area (Å²) in [5.74, 6) is 0.828. The van der Waals surface area contributed by atoms with Crippen LogP contribution < -0.4 is 10.6 Å². The SMILES string of the molecule is CC(C)C(O)C(C)(C)CNC(=O)NCc1cccc(-c2ncn[nH]2)c1. The first kappa shape index (κ1) is 18.9. The molecule has 0 bridgehead atoms. The van der Waals surface area contributed by atoms with E-state index in [-0.39, 0.29) is 11.9 Å². The maximum absolute atomic E-state index is 12.0. The van der Waals surface area contributed by atoms with Crippen molar-refractivity contribution in [2.24, 2.45) is 11.3 Å². The van der Waals surface area contributed by atoms with Crippen LogP contribution in [0.5, 0.6) is 0 Å². The Morgan fingerprint density at radius 3 is 2.72 bits per heavy atom. The Morgan fingerprint density at radius 1 is 1.32 bits per heavy atom. The monoisotopic (exact) mass is 345 g/mol. The molecular weight excluding hydrogens is 318 g/mol. The number of hydrogen-bond donors (Lipinski definition) is 4. The van der Waals surface area contributed by atoms with Crippen molar-refractivity contribution < 1.29 is 9.90 Å². The fourth-order valence-corrected chi connectivity index (χ4v) is 2.73. The minimum absolute atomic E-state index is 0.138. The molecule has 0 aliphatic rings. The lowest BCUT2D eigenvalue weighted by molar-refractivity contribution is 0.0151. The van der Waals surface area contributed by atoms with Crippen molar-refractivity contribution in [3.05, 3.63) is 36.2 Å². The second-order valence-corrected chi connectivity index (χ2v) is 7.25. The van der Waals surface area contributed by atoms with Gasteiger partial charge in [-0.1, -0.05) is 45.9 Å². The fourth-order valence-electron chi connectivity index (χ4n) is 2.73. The van der Waals surface area contributed by atoms with Crippen LogP contribution in [0.1, 0.15) is 33.3 Å². The topological polar surface area (TPSA) is 103 Å². The first-order valence-electron chi connectivity index (χ1n) is 8.44. The Kier molecular flexibility index (Phi) is 6.14. The molecule has 0 fully saturated rings. The molecule has 0 aliphatic heterocycles. The lowest BCUT2D eigenvalue weighted by Gasteiger charge is -2.33. The summed E-state index contributed by atoms with van der Waals surface area (Å²) >= 11 is 0. The van der Waals surface area contributed by atoms with Crippen LogP contribution in [-0.2, 0) is 6.54 Å². The number of aliphatic hydroxyl groups is 1. The molecule has 7 nitrogen and oxygen atoms in total. The zero-order valence-corrected chi connectivity index (χ0v) is 15.2. The van der Waals surface area contributed by atoms with Crippen LogP contribution in [0.4, 0.5) is 4.79 Å². The molecule has 0 saturated heterocycles. The van der Waals surface area contributed by atoms with Crippen LogP contribution >= 0.6 is 0 Å². The standard InChI is InChI=1S/C18H27N5O2/c1-12(2)15(24)18(3,4)10-20-17(25)19-9-13-6-5-7-14(8-13)16-21-11-22-23-16/h5-8,11-12,15,24H,9-10H2,1-4H3,(H2,19,20,25)(H,21,22,23). The largest absolute Gasteiger partial charge is 0.392 e. The number of carbonyl (C=O) groups excluding carboxylic acids is 1. The van der Waals surface area contributed by atoms with Gasteiger partial charge in [0.05, 0.1) is 6.10 Å². The number of aromatic nitrogens is 3. The van der Waals surface area contributed by atoms with Gasteiger partial charge in [0.1, 0.15) is 6.33 Å². The van der Waals surface area contributed by atoms with Crippen molar-refractivity contribution in [3.63, 3.8) is 0 Å². The van der Waals surface area contributed by atoms with E-state index in [0.29, 0.717) is 18.9 Å². The van der Waals surface area contributed by atoms with Gasteiger partial charge in [0.15, 0.2) is 5.82 Å². The van der Waals surface area contributed by atoms with E-state index in [2.05, 4.69) is 25.8 Å². The number of nitrogens with zero attached hydrogens (tertiary/aromatic N) is 2. The van der Waals surface area contributed by atoms with Gasteiger partial charge in [-0.15, -0.1) is 0 Å². The van der Waals surface area contributed by atoms with Gasteiger partial charge in [-0.2, -0.15) is 5.10 Å². The van der Waals surface area contributed by atoms with E-state index in [1.807, 2.05) is 52.0 Å². The van der Waals surface area contributed by atoms with Crippen molar-refractivity contribution in [2.45, 2.75) is 40.3 Å². The maximum atomic E-state index is 12.0. The minimum Gasteiger partial charge on any atom is -0.392 e. The highest BCUT2D eigenvalue weighted by Gasteiger charge is 2.30. The molecule has 0 spiro atoms. The molecular formula is C18H27N5O2. The minimum atomic E-state index is -0.480. The molecule has 1 aromatic heterocycles. The van der Waals surface area contributed by atoms with Gasteiger partial charge in [-0.3, -0.25) is 5.10 Å². The first-order chi connectivity index (χ1) is 11.8. The zero-order valence-electron chi connectivity index (χ0n) is 15.2. The van der Waals surface area contributed by atoms with Crippen LogP contribution in [0.2, 0.25) is 0 Å². The van der Waals surface area contributed by atoms with E-state index >= 15 is 0 Å². The Balaban J connectivity index is 1.85. The quantitative estimate of drug-likeness (QED) is 0.618. The lowest BCUT2D eigenvalue weighted by Crippen LogP contribution is -2.46. The molecule has 1 heterocycles. The maximum Gasteiger partial charge on any atom is 0.315 e.